The molecule has 0 heterocycles. The van der Waals surface area contributed by atoms with Crippen LogP contribution in [0.3, 0.4) is 0 Å². The van der Waals surface area contributed by atoms with Crippen molar-refractivity contribution in [3.63, 3.8) is 0 Å². The van der Waals surface area contributed by atoms with Crippen LogP contribution in [0.1, 0.15) is 11.1 Å². The van der Waals surface area contributed by atoms with Gasteiger partial charge in [0.05, 0.1) is 5.56 Å². The first kappa shape index (κ1) is 12.1. The zero-order valence-electron chi connectivity index (χ0n) is 9.36. The third-order valence-electron chi connectivity index (χ3n) is 2.38. The minimum atomic E-state index is -0.790. The lowest BCUT2D eigenvalue weighted by molar-refractivity contribution is 0.288. The van der Waals surface area contributed by atoms with Crippen LogP contribution in [-0.2, 0) is 6.61 Å². The summed E-state index contributed by atoms with van der Waals surface area (Å²) in [5.74, 6) is -1.74. The third-order valence-corrected chi connectivity index (χ3v) is 2.38. The number of hydrogen-bond acceptors (Lipinski definition) is 2. The van der Waals surface area contributed by atoms with Crippen molar-refractivity contribution in [3.8, 4) is 11.8 Å². The molecule has 0 fully saturated rings. The van der Waals surface area contributed by atoms with E-state index in [2.05, 4.69) is 0 Å². The number of nitrogens with zero attached hydrogens (tertiary/aromatic N) is 1. The molecule has 0 aromatic heterocycles. The van der Waals surface area contributed by atoms with E-state index in [4.69, 9.17) is 10.00 Å². The van der Waals surface area contributed by atoms with E-state index >= 15 is 0 Å². The second kappa shape index (κ2) is 5.28. The van der Waals surface area contributed by atoms with Crippen molar-refractivity contribution in [2.24, 2.45) is 0 Å². The molecule has 0 atom stereocenters. The number of nitriles is 1. The van der Waals surface area contributed by atoms with E-state index in [1.807, 2.05) is 30.3 Å². The lowest BCUT2D eigenvalue weighted by Crippen LogP contribution is -1.99. The molecule has 0 amide bonds. The quantitative estimate of drug-likeness (QED) is 0.830. The predicted octanol–water partition coefficient (Wildman–Crippen LogP) is 3.42. The lowest BCUT2D eigenvalue weighted by Gasteiger charge is -2.07. The summed E-state index contributed by atoms with van der Waals surface area (Å²) in [7, 11) is 0. The summed E-state index contributed by atoms with van der Waals surface area (Å²) in [6.45, 7) is 0.142. The van der Waals surface area contributed by atoms with Crippen molar-refractivity contribution in [2.45, 2.75) is 6.61 Å². The Bertz CT molecular complexity index is 591. The van der Waals surface area contributed by atoms with Crippen molar-refractivity contribution < 1.29 is 13.5 Å². The molecule has 0 saturated carbocycles. The Morgan fingerprint density at radius 3 is 2.44 bits per heavy atom. The van der Waals surface area contributed by atoms with Crippen molar-refractivity contribution in [2.75, 3.05) is 0 Å². The van der Waals surface area contributed by atoms with Gasteiger partial charge < -0.3 is 4.74 Å². The highest BCUT2D eigenvalue weighted by Gasteiger charge is 2.10. The minimum absolute atomic E-state index is 0.142. The molecule has 0 unspecified atom stereocenters. The van der Waals surface area contributed by atoms with Gasteiger partial charge in [0, 0.05) is 6.07 Å². The molecule has 0 spiro atoms. The number of hydrogen-bond donors (Lipinski definition) is 0. The molecule has 2 aromatic carbocycles. The predicted molar refractivity (Wildman–Crippen MR) is 61.8 cm³/mol. The smallest absolute Gasteiger partial charge is 0.166 e. The third kappa shape index (κ3) is 2.64. The topological polar surface area (TPSA) is 33.0 Å². The lowest BCUT2D eigenvalue weighted by atomic mass is 10.2. The molecule has 0 bridgehead atoms. The summed E-state index contributed by atoms with van der Waals surface area (Å²) < 4.78 is 31.9. The Labute approximate surface area is 103 Å². The molecular weight excluding hydrogens is 236 g/mol. The van der Waals surface area contributed by atoms with Gasteiger partial charge in [0.1, 0.15) is 18.5 Å². The SMILES string of the molecule is N#Cc1cc(F)c(OCc2ccccc2)cc1F. The summed E-state index contributed by atoms with van der Waals surface area (Å²) in [6.07, 6.45) is 0. The van der Waals surface area contributed by atoms with Gasteiger partial charge in [-0.2, -0.15) is 5.26 Å². The summed E-state index contributed by atoms with van der Waals surface area (Å²) >= 11 is 0. The van der Waals surface area contributed by atoms with Crippen LogP contribution >= 0.6 is 0 Å². The minimum Gasteiger partial charge on any atom is -0.486 e. The van der Waals surface area contributed by atoms with Crippen LogP contribution in [0.15, 0.2) is 42.5 Å². The summed E-state index contributed by atoms with van der Waals surface area (Å²) in [5, 5.41) is 8.54. The van der Waals surface area contributed by atoms with E-state index in [0.717, 1.165) is 17.7 Å². The second-order valence-electron chi connectivity index (χ2n) is 3.65. The maximum Gasteiger partial charge on any atom is 0.166 e. The molecule has 0 saturated heterocycles. The van der Waals surface area contributed by atoms with Crippen LogP contribution in [0.5, 0.6) is 5.75 Å². The molecule has 0 aliphatic heterocycles. The number of rotatable bonds is 3. The van der Waals surface area contributed by atoms with E-state index in [-0.39, 0.29) is 17.9 Å². The Balaban J connectivity index is 2.16. The highest BCUT2D eigenvalue weighted by atomic mass is 19.1. The molecule has 18 heavy (non-hydrogen) atoms. The van der Waals surface area contributed by atoms with Crippen molar-refractivity contribution in [1.82, 2.24) is 0 Å². The van der Waals surface area contributed by atoms with Crippen molar-refractivity contribution in [1.29, 1.82) is 5.26 Å². The van der Waals surface area contributed by atoms with Crippen LogP contribution in [0.4, 0.5) is 8.78 Å². The van der Waals surface area contributed by atoms with Gasteiger partial charge in [-0.15, -0.1) is 0 Å². The van der Waals surface area contributed by atoms with Gasteiger partial charge in [-0.1, -0.05) is 30.3 Å². The Morgan fingerprint density at radius 1 is 1.06 bits per heavy atom. The number of halogens is 2. The molecule has 90 valence electrons. The molecule has 0 aliphatic carbocycles. The fourth-order valence-electron chi connectivity index (χ4n) is 1.46. The molecule has 0 aliphatic rings. The fourth-order valence-corrected chi connectivity index (χ4v) is 1.46. The largest absolute Gasteiger partial charge is 0.486 e. The van der Waals surface area contributed by atoms with E-state index in [1.165, 1.54) is 0 Å². The van der Waals surface area contributed by atoms with Crippen molar-refractivity contribution in [3.05, 3.63) is 65.2 Å². The number of ether oxygens (including phenoxy) is 1. The Hall–Kier alpha value is -2.41. The van der Waals surface area contributed by atoms with Gasteiger partial charge in [0.25, 0.3) is 0 Å². The van der Waals surface area contributed by atoms with Crippen LogP contribution < -0.4 is 4.74 Å². The van der Waals surface area contributed by atoms with Gasteiger partial charge >= 0.3 is 0 Å². The van der Waals surface area contributed by atoms with E-state index < -0.39 is 11.6 Å². The van der Waals surface area contributed by atoms with Crippen LogP contribution in [0.25, 0.3) is 0 Å². The highest BCUT2D eigenvalue weighted by molar-refractivity contribution is 5.37. The summed E-state index contributed by atoms with van der Waals surface area (Å²) in [5.41, 5.74) is 0.515. The Kier molecular flexibility index (Phi) is 3.54. The zero-order chi connectivity index (χ0) is 13.0. The van der Waals surface area contributed by atoms with Gasteiger partial charge in [0.2, 0.25) is 0 Å². The average molecular weight is 245 g/mol. The van der Waals surface area contributed by atoms with Crippen LogP contribution in [0.2, 0.25) is 0 Å². The monoisotopic (exact) mass is 245 g/mol. The molecule has 0 radical (unpaired) electrons. The van der Waals surface area contributed by atoms with Crippen LogP contribution in [0, 0.1) is 23.0 Å². The van der Waals surface area contributed by atoms with Gasteiger partial charge in [-0.25, -0.2) is 8.78 Å². The average Bonchev–Trinajstić information content (AvgIpc) is 2.40. The molecule has 2 aromatic rings. The van der Waals surface area contributed by atoms with Gasteiger partial charge in [0.15, 0.2) is 11.6 Å². The van der Waals surface area contributed by atoms with Gasteiger partial charge in [-0.05, 0) is 11.6 Å². The molecule has 2 rings (SSSR count). The first-order valence-electron chi connectivity index (χ1n) is 5.26. The summed E-state index contributed by atoms with van der Waals surface area (Å²) in [6, 6.07) is 12.4. The normalized spacial score (nSPS) is 9.83. The maximum absolute atomic E-state index is 13.5. The highest BCUT2D eigenvalue weighted by Crippen LogP contribution is 2.22. The standard InChI is InChI=1S/C14H9F2NO/c15-12-7-14(13(16)6-11(12)8-17)18-9-10-4-2-1-3-5-10/h1-7H,9H2. The first-order chi connectivity index (χ1) is 8.70. The summed E-state index contributed by atoms with van der Waals surface area (Å²) in [4.78, 5) is 0. The fraction of sp³-hybridized carbons (Fsp3) is 0.0714. The zero-order valence-corrected chi connectivity index (χ0v) is 9.36. The molecule has 0 N–H and O–H groups in total. The Morgan fingerprint density at radius 2 is 1.78 bits per heavy atom. The first-order valence-corrected chi connectivity index (χ1v) is 5.26. The van der Waals surface area contributed by atoms with E-state index in [9.17, 15) is 8.78 Å². The number of benzene rings is 2. The van der Waals surface area contributed by atoms with Gasteiger partial charge in [-0.3, -0.25) is 0 Å². The van der Waals surface area contributed by atoms with Crippen molar-refractivity contribution >= 4 is 0 Å². The molecular formula is C14H9F2NO. The van der Waals surface area contributed by atoms with Crippen LogP contribution in [-0.4, -0.2) is 0 Å². The second-order valence-corrected chi connectivity index (χ2v) is 3.65. The van der Waals surface area contributed by atoms with E-state index in [0.29, 0.717) is 0 Å². The molecule has 2 nitrogen and oxygen atoms in total. The maximum atomic E-state index is 13.5. The van der Waals surface area contributed by atoms with E-state index in [1.54, 1.807) is 6.07 Å². The molecule has 4 heteroatoms.